The fourth-order valence-corrected chi connectivity index (χ4v) is 2.82. The molecule has 0 amide bonds. The molecule has 0 bridgehead atoms. The largest absolute Gasteiger partial charge is 0.497 e. The summed E-state index contributed by atoms with van der Waals surface area (Å²) in [5.41, 5.74) is 5.04. The Morgan fingerprint density at radius 1 is 0.952 bits per heavy atom. The second-order valence-electron chi connectivity index (χ2n) is 6.41. The normalized spacial score (nSPS) is 11.8. The fourth-order valence-electron chi connectivity index (χ4n) is 2.82. The van der Waals surface area contributed by atoms with Crippen molar-refractivity contribution in [2.24, 2.45) is 0 Å². The summed E-state index contributed by atoms with van der Waals surface area (Å²) in [5.74, 6) is 0.892. The van der Waals surface area contributed by atoms with E-state index in [0.717, 1.165) is 11.3 Å². The van der Waals surface area contributed by atoms with Gasteiger partial charge in [0.2, 0.25) is 0 Å². The SMILES string of the molecule is COc1ccc(C(C)(C)C)c(-c2c[nH]c3ccccc23)c1. The van der Waals surface area contributed by atoms with Gasteiger partial charge >= 0.3 is 0 Å². The summed E-state index contributed by atoms with van der Waals surface area (Å²) in [6.45, 7) is 6.73. The molecule has 0 unspecified atom stereocenters. The van der Waals surface area contributed by atoms with E-state index in [4.69, 9.17) is 4.74 Å². The average molecular weight is 279 g/mol. The van der Waals surface area contributed by atoms with Crippen LogP contribution in [0.25, 0.3) is 22.0 Å². The number of fused-ring (bicyclic) bond motifs is 1. The van der Waals surface area contributed by atoms with Crippen LogP contribution in [0.15, 0.2) is 48.7 Å². The summed E-state index contributed by atoms with van der Waals surface area (Å²) in [6, 6.07) is 14.8. The minimum Gasteiger partial charge on any atom is -0.497 e. The average Bonchev–Trinajstić information content (AvgIpc) is 2.89. The second-order valence-corrected chi connectivity index (χ2v) is 6.41. The molecule has 0 radical (unpaired) electrons. The van der Waals surface area contributed by atoms with Crippen LogP contribution in [0.3, 0.4) is 0 Å². The molecule has 3 aromatic rings. The van der Waals surface area contributed by atoms with Crippen LogP contribution in [-0.4, -0.2) is 12.1 Å². The maximum absolute atomic E-state index is 5.42. The molecule has 108 valence electrons. The highest BCUT2D eigenvalue weighted by Gasteiger charge is 2.20. The number of hydrogen-bond acceptors (Lipinski definition) is 1. The van der Waals surface area contributed by atoms with Gasteiger partial charge in [0.05, 0.1) is 7.11 Å². The predicted molar refractivity (Wildman–Crippen MR) is 89.0 cm³/mol. The van der Waals surface area contributed by atoms with Crippen molar-refractivity contribution >= 4 is 10.9 Å². The van der Waals surface area contributed by atoms with E-state index in [-0.39, 0.29) is 5.41 Å². The highest BCUT2D eigenvalue weighted by atomic mass is 16.5. The van der Waals surface area contributed by atoms with E-state index in [9.17, 15) is 0 Å². The van der Waals surface area contributed by atoms with Gasteiger partial charge in [0.15, 0.2) is 0 Å². The van der Waals surface area contributed by atoms with Gasteiger partial charge in [-0.3, -0.25) is 0 Å². The molecule has 0 saturated carbocycles. The Hall–Kier alpha value is -2.22. The fraction of sp³-hybridized carbons (Fsp3) is 0.263. The topological polar surface area (TPSA) is 25.0 Å². The van der Waals surface area contributed by atoms with Crippen molar-refractivity contribution in [2.45, 2.75) is 26.2 Å². The van der Waals surface area contributed by atoms with Gasteiger partial charge in [0.1, 0.15) is 5.75 Å². The molecule has 1 N–H and O–H groups in total. The van der Waals surface area contributed by atoms with Gasteiger partial charge in [0, 0.05) is 22.7 Å². The molecule has 0 spiro atoms. The third-order valence-electron chi connectivity index (χ3n) is 3.91. The van der Waals surface area contributed by atoms with Crippen molar-refractivity contribution in [3.05, 3.63) is 54.2 Å². The zero-order valence-corrected chi connectivity index (χ0v) is 13.0. The van der Waals surface area contributed by atoms with Crippen molar-refractivity contribution in [2.75, 3.05) is 7.11 Å². The van der Waals surface area contributed by atoms with Crippen LogP contribution in [-0.2, 0) is 5.41 Å². The summed E-state index contributed by atoms with van der Waals surface area (Å²) in [7, 11) is 1.71. The predicted octanol–water partition coefficient (Wildman–Crippen LogP) is 5.14. The number of rotatable bonds is 2. The van der Waals surface area contributed by atoms with Crippen LogP contribution in [0.5, 0.6) is 5.75 Å². The Kier molecular flexibility index (Phi) is 3.25. The number of H-pyrrole nitrogens is 1. The minimum absolute atomic E-state index is 0.0833. The van der Waals surface area contributed by atoms with Gasteiger partial charge in [-0.2, -0.15) is 0 Å². The van der Waals surface area contributed by atoms with E-state index < -0.39 is 0 Å². The Morgan fingerprint density at radius 3 is 2.43 bits per heavy atom. The monoisotopic (exact) mass is 279 g/mol. The molecule has 0 atom stereocenters. The lowest BCUT2D eigenvalue weighted by atomic mass is 9.81. The molecular formula is C19H21NO. The van der Waals surface area contributed by atoms with Crippen LogP contribution in [0.2, 0.25) is 0 Å². The van der Waals surface area contributed by atoms with Crippen LogP contribution in [0.1, 0.15) is 26.3 Å². The van der Waals surface area contributed by atoms with Crippen LogP contribution >= 0.6 is 0 Å². The number of hydrogen-bond donors (Lipinski definition) is 1. The van der Waals surface area contributed by atoms with E-state index in [2.05, 4.69) is 68.4 Å². The Balaban J connectivity index is 2.29. The summed E-state index contributed by atoms with van der Waals surface area (Å²) in [5, 5.41) is 1.25. The quantitative estimate of drug-likeness (QED) is 0.690. The molecule has 21 heavy (non-hydrogen) atoms. The smallest absolute Gasteiger partial charge is 0.119 e. The van der Waals surface area contributed by atoms with Crippen molar-refractivity contribution < 1.29 is 4.74 Å². The maximum Gasteiger partial charge on any atom is 0.119 e. The summed E-state index contributed by atoms with van der Waals surface area (Å²) >= 11 is 0. The van der Waals surface area contributed by atoms with E-state index in [0.29, 0.717) is 0 Å². The molecule has 0 fully saturated rings. The lowest BCUT2D eigenvalue weighted by Crippen LogP contribution is -2.12. The highest BCUT2D eigenvalue weighted by Crippen LogP contribution is 2.38. The molecule has 2 nitrogen and oxygen atoms in total. The molecule has 0 aliphatic carbocycles. The molecule has 0 aliphatic rings. The van der Waals surface area contributed by atoms with E-state index in [1.165, 1.54) is 22.1 Å². The number of aromatic nitrogens is 1. The van der Waals surface area contributed by atoms with Gasteiger partial charge in [-0.05, 0) is 34.7 Å². The molecular weight excluding hydrogens is 258 g/mol. The number of para-hydroxylation sites is 1. The van der Waals surface area contributed by atoms with Gasteiger partial charge < -0.3 is 9.72 Å². The van der Waals surface area contributed by atoms with Gasteiger partial charge in [0.25, 0.3) is 0 Å². The number of nitrogens with one attached hydrogen (secondary N) is 1. The van der Waals surface area contributed by atoms with Gasteiger partial charge in [-0.25, -0.2) is 0 Å². The zero-order valence-electron chi connectivity index (χ0n) is 13.0. The van der Waals surface area contributed by atoms with Crippen LogP contribution in [0, 0.1) is 0 Å². The van der Waals surface area contributed by atoms with Crippen molar-refractivity contribution in [3.8, 4) is 16.9 Å². The Morgan fingerprint density at radius 2 is 1.71 bits per heavy atom. The summed E-state index contributed by atoms with van der Waals surface area (Å²) in [4.78, 5) is 3.36. The number of benzene rings is 2. The highest BCUT2D eigenvalue weighted by molar-refractivity contribution is 5.96. The number of ether oxygens (including phenoxy) is 1. The zero-order chi connectivity index (χ0) is 15.0. The van der Waals surface area contributed by atoms with Crippen molar-refractivity contribution in [1.29, 1.82) is 0 Å². The van der Waals surface area contributed by atoms with Crippen molar-refractivity contribution in [1.82, 2.24) is 4.98 Å². The lowest BCUT2D eigenvalue weighted by Gasteiger charge is -2.23. The van der Waals surface area contributed by atoms with Crippen LogP contribution in [0.4, 0.5) is 0 Å². The first-order valence-corrected chi connectivity index (χ1v) is 7.26. The first-order valence-electron chi connectivity index (χ1n) is 7.26. The van der Waals surface area contributed by atoms with Crippen molar-refractivity contribution in [3.63, 3.8) is 0 Å². The van der Waals surface area contributed by atoms with E-state index >= 15 is 0 Å². The molecule has 0 saturated heterocycles. The van der Waals surface area contributed by atoms with Crippen LogP contribution < -0.4 is 4.74 Å². The molecule has 1 aromatic heterocycles. The maximum atomic E-state index is 5.42. The molecule has 2 aromatic carbocycles. The minimum atomic E-state index is 0.0833. The van der Waals surface area contributed by atoms with E-state index in [1.807, 2.05) is 6.07 Å². The molecule has 2 heteroatoms. The first kappa shape index (κ1) is 13.7. The summed E-state index contributed by atoms with van der Waals surface area (Å²) < 4.78 is 5.42. The first-order chi connectivity index (χ1) is 10.0. The lowest BCUT2D eigenvalue weighted by molar-refractivity contribution is 0.414. The van der Waals surface area contributed by atoms with Gasteiger partial charge in [-0.15, -0.1) is 0 Å². The molecule has 1 heterocycles. The third kappa shape index (κ3) is 2.42. The standard InChI is InChI=1S/C19H21NO/c1-19(2,3)17-10-9-13(21-4)11-15(17)16-12-20-18-8-6-5-7-14(16)18/h5-12,20H,1-4H3. The molecule has 3 rings (SSSR count). The third-order valence-corrected chi connectivity index (χ3v) is 3.91. The Labute approximate surface area is 125 Å². The number of methoxy groups -OCH3 is 1. The molecule has 0 aliphatic heterocycles. The van der Waals surface area contributed by atoms with E-state index in [1.54, 1.807) is 7.11 Å². The number of aromatic amines is 1. The summed E-state index contributed by atoms with van der Waals surface area (Å²) in [6.07, 6.45) is 2.09. The Bertz CT molecular complexity index is 778. The second kappa shape index (κ2) is 4.96. The van der Waals surface area contributed by atoms with Gasteiger partial charge in [-0.1, -0.05) is 45.0 Å².